The lowest BCUT2D eigenvalue weighted by molar-refractivity contribution is 0.0954. The second kappa shape index (κ2) is 12.9. The molecule has 1 amide bonds. The van der Waals surface area contributed by atoms with E-state index < -0.39 is 0 Å². The molecule has 7 heteroatoms. The molecule has 0 bridgehead atoms. The highest BCUT2D eigenvalue weighted by Gasteiger charge is 2.18. The van der Waals surface area contributed by atoms with Crippen molar-refractivity contribution in [2.45, 2.75) is 27.4 Å². The number of rotatable bonds is 12. The van der Waals surface area contributed by atoms with Gasteiger partial charge >= 0.3 is 0 Å². The number of hydrogen-bond donors (Lipinski definition) is 1. The molecule has 1 N–H and O–H groups in total. The molecule has 178 valence electrons. The molecule has 34 heavy (non-hydrogen) atoms. The van der Waals surface area contributed by atoms with Crippen molar-refractivity contribution in [2.75, 3.05) is 19.8 Å². The number of nitrogens with zero attached hydrogens (tertiary/aromatic N) is 1. The van der Waals surface area contributed by atoms with E-state index in [1.807, 2.05) is 75.4 Å². The number of ether oxygens (including phenoxy) is 4. The number of benzene rings is 3. The molecule has 0 aromatic heterocycles. The molecule has 0 atom stereocenters. The summed E-state index contributed by atoms with van der Waals surface area (Å²) in [5, 5.41) is 4.07. The first-order valence-corrected chi connectivity index (χ1v) is 11.3. The van der Waals surface area contributed by atoms with Gasteiger partial charge in [-0.2, -0.15) is 5.10 Å². The number of amides is 1. The van der Waals surface area contributed by atoms with E-state index in [4.69, 9.17) is 18.9 Å². The lowest BCUT2D eigenvalue weighted by atomic mass is 10.1. The first-order chi connectivity index (χ1) is 16.6. The third-order valence-corrected chi connectivity index (χ3v) is 4.68. The number of nitrogens with one attached hydrogen (secondary N) is 1. The molecule has 0 fully saturated rings. The van der Waals surface area contributed by atoms with Gasteiger partial charge < -0.3 is 18.9 Å². The highest BCUT2D eigenvalue weighted by molar-refractivity contribution is 5.96. The van der Waals surface area contributed by atoms with Crippen LogP contribution in [0.2, 0.25) is 0 Å². The molecule has 0 saturated carbocycles. The van der Waals surface area contributed by atoms with Crippen molar-refractivity contribution in [1.29, 1.82) is 0 Å². The quantitative estimate of drug-likeness (QED) is 0.295. The molecular weight excluding hydrogens is 432 g/mol. The van der Waals surface area contributed by atoms with Gasteiger partial charge in [0.05, 0.1) is 26.0 Å². The smallest absolute Gasteiger partial charge is 0.271 e. The summed E-state index contributed by atoms with van der Waals surface area (Å²) in [7, 11) is 0. The standard InChI is InChI=1S/C27H30N2O5/c1-4-31-24-16-22(17-25(32-5-2)26(24)33-6-3)27(30)29-28-18-20-12-14-23(15-13-20)34-19-21-10-8-7-9-11-21/h7-18H,4-6,19H2,1-3H3,(H,29,30). The summed E-state index contributed by atoms with van der Waals surface area (Å²) in [5.41, 5.74) is 4.83. The molecule has 7 nitrogen and oxygen atoms in total. The van der Waals surface area contributed by atoms with Crippen LogP contribution in [0.1, 0.15) is 42.3 Å². The topological polar surface area (TPSA) is 78.4 Å². The van der Waals surface area contributed by atoms with E-state index in [0.29, 0.717) is 49.2 Å². The average Bonchev–Trinajstić information content (AvgIpc) is 2.86. The van der Waals surface area contributed by atoms with Crippen LogP contribution in [0.15, 0.2) is 71.8 Å². The summed E-state index contributed by atoms with van der Waals surface area (Å²) in [6.07, 6.45) is 1.57. The van der Waals surface area contributed by atoms with Crippen LogP contribution in [-0.2, 0) is 6.61 Å². The summed E-state index contributed by atoms with van der Waals surface area (Å²) in [4.78, 5) is 12.7. The highest BCUT2D eigenvalue weighted by Crippen LogP contribution is 2.39. The molecule has 0 unspecified atom stereocenters. The minimum atomic E-state index is -0.385. The molecule has 0 aliphatic rings. The Hall–Kier alpha value is -4.00. The van der Waals surface area contributed by atoms with Crippen molar-refractivity contribution in [1.82, 2.24) is 5.43 Å². The van der Waals surface area contributed by atoms with Gasteiger partial charge in [0.1, 0.15) is 12.4 Å². The summed E-state index contributed by atoms with van der Waals surface area (Å²) >= 11 is 0. The second-order valence-corrected chi connectivity index (χ2v) is 7.14. The van der Waals surface area contributed by atoms with Crippen molar-refractivity contribution < 1.29 is 23.7 Å². The monoisotopic (exact) mass is 462 g/mol. The fourth-order valence-corrected chi connectivity index (χ4v) is 3.14. The highest BCUT2D eigenvalue weighted by atomic mass is 16.5. The molecule has 0 spiro atoms. The van der Waals surface area contributed by atoms with Crippen LogP contribution in [0.3, 0.4) is 0 Å². The first-order valence-electron chi connectivity index (χ1n) is 11.3. The maximum Gasteiger partial charge on any atom is 0.271 e. The maximum atomic E-state index is 12.7. The van der Waals surface area contributed by atoms with E-state index in [9.17, 15) is 4.79 Å². The van der Waals surface area contributed by atoms with Gasteiger partial charge in [-0.15, -0.1) is 0 Å². The fourth-order valence-electron chi connectivity index (χ4n) is 3.14. The van der Waals surface area contributed by atoms with Gasteiger partial charge in [-0.25, -0.2) is 5.43 Å². The molecule has 3 aromatic rings. The third kappa shape index (κ3) is 7.00. The Morgan fingerprint density at radius 2 is 1.44 bits per heavy atom. The molecular formula is C27H30N2O5. The van der Waals surface area contributed by atoms with E-state index >= 15 is 0 Å². The molecule has 3 rings (SSSR count). The third-order valence-electron chi connectivity index (χ3n) is 4.68. The van der Waals surface area contributed by atoms with Gasteiger partial charge in [0, 0.05) is 5.56 Å². The van der Waals surface area contributed by atoms with Crippen LogP contribution in [0, 0.1) is 0 Å². The normalized spacial score (nSPS) is 10.7. The first kappa shape index (κ1) is 24.6. The molecule has 0 aliphatic carbocycles. The Kier molecular flexibility index (Phi) is 9.34. The molecule has 0 saturated heterocycles. The van der Waals surface area contributed by atoms with E-state index in [-0.39, 0.29) is 5.91 Å². The van der Waals surface area contributed by atoms with Crippen LogP contribution >= 0.6 is 0 Å². The van der Waals surface area contributed by atoms with Gasteiger partial charge in [0.15, 0.2) is 11.5 Å². The van der Waals surface area contributed by atoms with Gasteiger partial charge in [-0.3, -0.25) is 4.79 Å². The zero-order valence-electron chi connectivity index (χ0n) is 19.7. The fraction of sp³-hybridized carbons (Fsp3) is 0.259. The number of hydrazone groups is 1. The summed E-state index contributed by atoms with van der Waals surface area (Å²) in [5.74, 6) is 1.77. The maximum absolute atomic E-state index is 12.7. The van der Waals surface area contributed by atoms with Crippen molar-refractivity contribution in [3.05, 3.63) is 83.4 Å². The molecule has 3 aromatic carbocycles. The Morgan fingerprint density at radius 1 is 0.824 bits per heavy atom. The lowest BCUT2D eigenvalue weighted by Gasteiger charge is -2.16. The van der Waals surface area contributed by atoms with E-state index in [2.05, 4.69) is 10.5 Å². The average molecular weight is 463 g/mol. The Morgan fingerprint density at radius 3 is 2.03 bits per heavy atom. The van der Waals surface area contributed by atoms with E-state index in [0.717, 1.165) is 16.9 Å². The van der Waals surface area contributed by atoms with Crippen LogP contribution in [0.5, 0.6) is 23.0 Å². The Labute approximate surface area is 200 Å². The van der Waals surface area contributed by atoms with Gasteiger partial charge in [0.25, 0.3) is 5.91 Å². The van der Waals surface area contributed by atoms with Crippen molar-refractivity contribution in [3.63, 3.8) is 0 Å². The predicted octanol–water partition coefficient (Wildman–Crippen LogP) is 5.23. The van der Waals surface area contributed by atoms with E-state index in [1.54, 1.807) is 18.3 Å². The van der Waals surface area contributed by atoms with Crippen LogP contribution < -0.4 is 24.4 Å². The SMILES string of the molecule is CCOc1cc(C(=O)NN=Cc2ccc(OCc3ccccc3)cc2)cc(OCC)c1OCC. The van der Waals surface area contributed by atoms with Crippen molar-refractivity contribution in [3.8, 4) is 23.0 Å². The van der Waals surface area contributed by atoms with Crippen LogP contribution in [0.4, 0.5) is 0 Å². The van der Waals surface area contributed by atoms with Crippen LogP contribution in [0.25, 0.3) is 0 Å². The number of carbonyl (C=O) groups is 1. The van der Waals surface area contributed by atoms with Gasteiger partial charge in [-0.05, 0) is 68.3 Å². The molecule has 0 radical (unpaired) electrons. The molecule has 0 heterocycles. The van der Waals surface area contributed by atoms with Crippen LogP contribution in [-0.4, -0.2) is 31.9 Å². The number of hydrogen-bond acceptors (Lipinski definition) is 6. The minimum Gasteiger partial charge on any atom is -0.490 e. The summed E-state index contributed by atoms with van der Waals surface area (Å²) in [6, 6.07) is 20.7. The summed E-state index contributed by atoms with van der Waals surface area (Å²) < 4.78 is 22.8. The molecule has 0 aliphatic heterocycles. The second-order valence-electron chi connectivity index (χ2n) is 7.14. The summed E-state index contributed by atoms with van der Waals surface area (Å²) in [6.45, 7) is 7.42. The predicted molar refractivity (Wildman–Crippen MR) is 132 cm³/mol. The van der Waals surface area contributed by atoms with Crippen molar-refractivity contribution in [2.24, 2.45) is 5.10 Å². The zero-order valence-corrected chi connectivity index (χ0v) is 19.7. The number of carbonyl (C=O) groups excluding carboxylic acids is 1. The largest absolute Gasteiger partial charge is 0.490 e. The minimum absolute atomic E-state index is 0.358. The van der Waals surface area contributed by atoms with E-state index in [1.165, 1.54) is 0 Å². The Balaban J connectivity index is 1.63. The van der Waals surface area contributed by atoms with Gasteiger partial charge in [0.2, 0.25) is 5.75 Å². The van der Waals surface area contributed by atoms with Gasteiger partial charge in [-0.1, -0.05) is 30.3 Å². The lowest BCUT2D eigenvalue weighted by Crippen LogP contribution is -2.18. The Bertz CT molecular complexity index is 1050. The van der Waals surface area contributed by atoms with Crippen molar-refractivity contribution >= 4 is 12.1 Å². The zero-order chi connectivity index (χ0) is 24.2.